The smallest absolute Gasteiger partial charge is 0.264 e. The number of para-hydroxylation sites is 1. The van der Waals surface area contributed by atoms with Crippen molar-refractivity contribution < 1.29 is 32.2 Å². The van der Waals surface area contributed by atoms with Crippen LogP contribution in [-0.2, 0) is 21.4 Å². The molecule has 0 radical (unpaired) electrons. The number of carbonyl (C=O) groups excluding carboxylic acids is 1. The molecule has 0 bridgehead atoms. The second-order valence-corrected chi connectivity index (χ2v) is 11.3. The molecule has 10 nitrogen and oxygen atoms in total. The fourth-order valence-electron chi connectivity index (χ4n) is 3.98. The van der Waals surface area contributed by atoms with E-state index in [1.54, 1.807) is 60.7 Å². The molecule has 4 rings (SSSR count). The number of methoxy groups -OCH3 is 3. The molecule has 12 heteroatoms. The molecule has 0 atom stereocenters. The molecule has 0 aliphatic heterocycles. The lowest BCUT2D eigenvalue weighted by Gasteiger charge is -2.24. The highest BCUT2D eigenvalue weighted by Crippen LogP contribution is 2.32. The zero-order valence-corrected chi connectivity index (χ0v) is 25.3. The molecule has 1 amide bonds. The Balaban J connectivity index is 1.46. The fraction of sp³-hybridized carbons (Fsp3) is 0.161. The molecule has 0 aliphatic rings. The van der Waals surface area contributed by atoms with E-state index in [2.05, 4.69) is 10.5 Å². The van der Waals surface area contributed by atoms with Crippen LogP contribution in [0.3, 0.4) is 0 Å². The van der Waals surface area contributed by atoms with Crippen LogP contribution in [-0.4, -0.2) is 48.4 Å². The second kappa shape index (κ2) is 14.4. The minimum Gasteiger partial charge on any atom is -0.493 e. The van der Waals surface area contributed by atoms with Gasteiger partial charge in [0.05, 0.1) is 38.1 Å². The maximum Gasteiger partial charge on any atom is 0.264 e. The summed E-state index contributed by atoms with van der Waals surface area (Å²) in [7, 11) is 0.202. The lowest BCUT2D eigenvalue weighted by atomic mass is 10.2. The van der Waals surface area contributed by atoms with Crippen molar-refractivity contribution in [3.63, 3.8) is 0 Å². The van der Waals surface area contributed by atoms with Crippen LogP contribution in [0.15, 0.2) is 101 Å². The van der Waals surface area contributed by atoms with Crippen LogP contribution < -0.4 is 28.7 Å². The molecule has 0 aromatic heterocycles. The number of carbonyl (C=O) groups is 1. The van der Waals surface area contributed by atoms with Gasteiger partial charge in [-0.15, -0.1) is 0 Å². The molecule has 0 aliphatic carbocycles. The molecule has 0 saturated carbocycles. The normalized spacial score (nSPS) is 11.2. The Labute approximate surface area is 255 Å². The van der Waals surface area contributed by atoms with Crippen molar-refractivity contribution in [2.45, 2.75) is 11.5 Å². The summed E-state index contributed by atoms with van der Waals surface area (Å²) in [5.74, 6) is 0.956. The van der Waals surface area contributed by atoms with Crippen molar-refractivity contribution in [2.75, 3.05) is 32.2 Å². The molecule has 43 heavy (non-hydrogen) atoms. The van der Waals surface area contributed by atoms with Crippen LogP contribution in [0.1, 0.15) is 11.1 Å². The van der Waals surface area contributed by atoms with E-state index in [0.717, 1.165) is 9.87 Å². The van der Waals surface area contributed by atoms with Gasteiger partial charge in [0.2, 0.25) is 0 Å². The van der Waals surface area contributed by atoms with E-state index in [9.17, 15) is 13.2 Å². The van der Waals surface area contributed by atoms with Gasteiger partial charge in [-0.1, -0.05) is 41.9 Å². The summed E-state index contributed by atoms with van der Waals surface area (Å²) in [6.07, 6.45) is 1.42. The zero-order valence-electron chi connectivity index (χ0n) is 23.7. The average Bonchev–Trinajstić information content (AvgIpc) is 3.03. The molecule has 0 unspecified atom stereocenters. The first-order valence-corrected chi connectivity index (χ1v) is 14.7. The minimum atomic E-state index is -4.18. The van der Waals surface area contributed by atoms with Crippen LogP contribution in [0.25, 0.3) is 0 Å². The summed E-state index contributed by atoms with van der Waals surface area (Å²) in [5, 5.41) is 4.65. The van der Waals surface area contributed by atoms with Crippen LogP contribution in [0.5, 0.6) is 23.0 Å². The first-order chi connectivity index (χ1) is 20.7. The van der Waals surface area contributed by atoms with Crippen molar-refractivity contribution in [3.8, 4) is 23.0 Å². The van der Waals surface area contributed by atoms with Gasteiger partial charge in [0.15, 0.2) is 23.0 Å². The fourth-order valence-corrected chi connectivity index (χ4v) is 5.55. The van der Waals surface area contributed by atoms with Gasteiger partial charge in [0.1, 0.15) is 13.2 Å². The topological polar surface area (TPSA) is 116 Å². The predicted molar refractivity (Wildman–Crippen MR) is 165 cm³/mol. The summed E-state index contributed by atoms with van der Waals surface area (Å²) < 4.78 is 50.1. The number of amides is 1. The van der Waals surface area contributed by atoms with Crippen molar-refractivity contribution in [2.24, 2.45) is 5.10 Å². The number of rotatable bonds is 13. The van der Waals surface area contributed by atoms with Crippen LogP contribution in [0.2, 0.25) is 5.02 Å². The van der Waals surface area contributed by atoms with E-state index in [0.29, 0.717) is 40.1 Å². The van der Waals surface area contributed by atoms with Crippen molar-refractivity contribution in [3.05, 3.63) is 107 Å². The SMILES string of the molecule is COc1ccc(S(=O)(=O)N(CC(=O)N/N=C\c2ccc(OCc3ccc(Cl)cc3)c(OC)c2)c2ccccc2)cc1OC. The Bertz CT molecular complexity index is 1680. The van der Waals surface area contributed by atoms with Gasteiger partial charge in [-0.2, -0.15) is 5.10 Å². The van der Waals surface area contributed by atoms with E-state index in [1.807, 2.05) is 12.1 Å². The first kappa shape index (κ1) is 31.2. The third-order valence-electron chi connectivity index (χ3n) is 6.17. The largest absolute Gasteiger partial charge is 0.493 e. The minimum absolute atomic E-state index is 0.0734. The van der Waals surface area contributed by atoms with Gasteiger partial charge >= 0.3 is 0 Å². The van der Waals surface area contributed by atoms with Crippen LogP contribution in [0.4, 0.5) is 5.69 Å². The third-order valence-corrected chi connectivity index (χ3v) is 8.19. The summed E-state index contributed by atoms with van der Waals surface area (Å²) in [5.41, 5.74) is 4.26. The molecule has 0 fully saturated rings. The van der Waals surface area contributed by atoms with Crippen LogP contribution in [0, 0.1) is 0 Å². The molecule has 224 valence electrons. The number of hydrazone groups is 1. The lowest BCUT2D eigenvalue weighted by Crippen LogP contribution is -2.39. The number of ether oxygens (including phenoxy) is 4. The maximum absolute atomic E-state index is 13.7. The molecular formula is C31H30ClN3O7S. The number of anilines is 1. The van der Waals surface area contributed by atoms with Gasteiger partial charge in [-0.3, -0.25) is 9.10 Å². The molecule has 4 aromatic rings. The lowest BCUT2D eigenvalue weighted by molar-refractivity contribution is -0.119. The number of nitrogens with one attached hydrogen (secondary N) is 1. The summed E-state index contributed by atoms with van der Waals surface area (Å²) in [6.45, 7) is -0.208. The molecule has 1 N–H and O–H groups in total. The number of nitrogens with zero attached hydrogens (tertiary/aromatic N) is 2. The first-order valence-electron chi connectivity index (χ1n) is 12.9. The van der Waals surface area contributed by atoms with E-state index in [1.165, 1.54) is 45.7 Å². The molecule has 0 heterocycles. The summed E-state index contributed by atoms with van der Waals surface area (Å²) in [4.78, 5) is 12.8. The summed E-state index contributed by atoms with van der Waals surface area (Å²) >= 11 is 5.94. The predicted octanol–water partition coefficient (Wildman–Crippen LogP) is 5.29. The van der Waals surface area contributed by atoms with Crippen molar-refractivity contribution >= 4 is 39.4 Å². The van der Waals surface area contributed by atoms with E-state index in [-0.39, 0.29) is 10.6 Å². The highest BCUT2D eigenvalue weighted by atomic mass is 35.5. The van der Waals surface area contributed by atoms with Gasteiger partial charge in [0, 0.05) is 11.1 Å². The highest BCUT2D eigenvalue weighted by Gasteiger charge is 2.28. The number of benzene rings is 4. The van der Waals surface area contributed by atoms with E-state index < -0.39 is 22.5 Å². The van der Waals surface area contributed by atoms with Crippen LogP contribution >= 0.6 is 11.6 Å². The monoisotopic (exact) mass is 623 g/mol. The van der Waals surface area contributed by atoms with Gasteiger partial charge in [0.25, 0.3) is 15.9 Å². The van der Waals surface area contributed by atoms with E-state index >= 15 is 0 Å². The highest BCUT2D eigenvalue weighted by molar-refractivity contribution is 7.92. The van der Waals surface area contributed by atoms with Gasteiger partial charge in [-0.25, -0.2) is 13.8 Å². The number of halogens is 1. The Morgan fingerprint density at radius 1 is 0.837 bits per heavy atom. The van der Waals surface area contributed by atoms with Gasteiger partial charge in [-0.05, 0) is 65.7 Å². The number of hydrogen-bond donors (Lipinski definition) is 1. The summed E-state index contributed by atoms with van der Waals surface area (Å²) in [6, 6.07) is 25.0. The standard InChI is InChI=1S/C31H30ClN3O7S/c1-39-27-16-14-26(18-30(27)41-3)43(37,38)35(25-7-5-4-6-8-25)20-31(36)34-33-19-23-11-15-28(29(17-23)40-2)42-21-22-9-12-24(32)13-10-22/h4-19H,20-21H2,1-3H3,(H,34,36)/b33-19-. The third kappa shape index (κ3) is 7.97. The number of sulfonamides is 1. The Kier molecular flexibility index (Phi) is 10.5. The second-order valence-electron chi connectivity index (χ2n) is 8.98. The van der Waals surface area contributed by atoms with E-state index in [4.69, 9.17) is 30.5 Å². The molecular weight excluding hydrogens is 594 g/mol. The van der Waals surface area contributed by atoms with Crippen molar-refractivity contribution in [1.29, 1.82) is 0 Å². The maximum atomic E-state index is 13.7. The molecule has 4 aromatic carbocycles. The number of hydrogen-bond acceptors (Lipinski definition) is 8. The zero-order chi connectivity index (χ0) is 30.8. The Morgan fingerprint density at radius 2 is 1.49 bits per heavy atom. The quantitative estimate of drug-likeness (QED) is 0.159. The molecule has 0 saturated heterocycles. The van der Waals surface area contributed by atoms with Crippen molar-refractivity contribution in [1.82, 2.24) is 5.43 Å². The Hall–Kier alpha value is -4.74. The molecule has 0 spiro atoms. The Morgan fingerprint density at radius 3 is 2.16 bits per heavy atom. The van der Waals surface area contributed by atoms with Gasteiger partial charge < -0.3 is 18.9 Å². The average molecular weight is 624 g/mol.